The van der Waals surface area contributed by atoms with E-state index < -0.39 is 0 Å². The van der Waals surface area contributed by atoms with Crippen molar-refractivity contribution in [3.05, 3.63) is 29.8 Å². The third kappa shape index (κ3) is 4.52. The molecular formula is C13H18ClNO2S. The molecule has 0 aliphatic rings. The number of amides is 1. The predicted molar refractivity (Wildman–Crippen MR) is 76.7 cm³/mol. The minimum Gasteiger partial charge on any atom is -0.383 e. The lowest BCUT2D eigenvalue weighted by atomic mass is 10.2. The zero-order valence-corrected chi connectivity index (χ0v) is 12.3. The summed E-state index contributed by atoms with van der Waals surface area (Å²) in [4.78, 5) is 15.1. The number of methoxy groups -OCH3 is 1. The van der Waals surface area contributed by atoms with Gasteiger partial charge in [0.2, 0.25) is 0 Å². The van der Waals surface area contributed by atoms with Crippen LogP contribution in [-0.2, 0) is 4.74 Å². The second kappa shape index (κ2) is 8.40. The number of rotatable bonds is 7. The van der Waals surface area contributed by atoms with Crippen LogP contribution in [0.15, 0.2) is 29.2 Å². The summed E-state index contributed by atoms with van der Waals surface area (Å²) in [6, 6.07) is 7.60. The molecule has 5 heteroatoms. The van der Waals surface area contributed by atoms with E-state index in [4.69, 9.17) is 16.3 Å². The minimum absolute atomic E-state index is 0.000327. The maximum Gasteiger partial charge on any atom is 0.253 e. The van der Waals surface area contributed by atoms with Crippen LogP contribution >= 0.6 is 23.4 Å². The molecule has 0 N–H and O–H groups in total. The summed E-state index contributed by atoms with van der Waals surface area (Å²) in [7, 11) is 1.62. The lowest BCUT2D eigenvalue weighted by molar-refractivity contribution is 0.0707. The van der Waals surface area contributed by atoms with Crippen molar-refractivity contribution in [1.82, 2.24) is 4.90 Å². The van der Waals surface area contributed by atoms with Crippen LogP contribution in [0.1, 0.15) is 10.4 Å². The van der Waals surface area contributed by atoms with E-state index in [1.165, 1.54) is 0 Å². The predicted octanol–water partition coefficient (Wildman–Crippen LogP) is 2.74. The molecule has 100 valence electrons. The number of ether oxygens (including phenoxy) is 1. The SMILES string of the molecule is COCCN(CCCl)C(=O)c1ccc(SC)cc1. The number of benzene rings is 1. The van der Waals surface area contributed by atoms with Gasteiger partial charge in [0.25, 0.3) is 5.91 Å². The summed E-state index contributed by atoms with van der Waals surface area (Å²) in [5.41, 5.74) is 0.689. The molecule has 0 unspecified atom stereocenters. The molecule has 1 amide bonds. The number of halogens is 1. The van der Waals surface area contributed by atoms with Crippen molar-refractivity contribution in [3.8, 4) is 0 Å². The van der Waals surface area contributed by atoms with Gasteiger partial charge >= 0.3 is 0 Å². The van der Waals surface area contributed by atoms with E-state index in [0.29, 0.717) is 31.1 Å². The fourth-order valence-electron chi connectivity index (χ4n) is 1.53. The highest BCUT2D eigenvalue weighted by Crippen LogP contribution is 2.15. The van der Waals surface area contributed by atoms with Crippen molar-refractivity contribution in [1.29, 1.82) is 0 Å². The molecule has 0 aliphatic heterocycles. The third-order valence-electron chi connectivity index (χ3n) is 2.54. The summed E-state index contributed by atoms with van der Waals surface area (Å²) in [5.74, 6) is 0.429. The summed E-state index contributed by atoms with van der Waals surface area (Å²) in [5, 5.41) is 0. The smallest absolute Gasteiger partial charge is 0.253 e. The maximum atomic E-state index is 12.2. The summed E-state index contributed by atoms with van der Waals surface area (Å²) < 4.78 is 5.00. The number of alkyl halides is 1. The van der Waals surface area contributed by atoms with Crippen molar-refractivity contribution in [2.75, 3.05) is 38.9 Å². The van der Waals surface area contributed by atoms with Crippen LogP contribution in [0.3, 0.4) is 0 Å². The van der Waals surface area contributed by atoms with E-state index in [9.17, 15) is 4.79 Å². The fourth-order valence-corrected chi connectivity index (χ4v) is 2.15. The van der Waals surface area contributed by atoms with Gasteiger partial charge in [-0.15, -0.1) is 23.4 Å². The van der Waals surface area contributed by atoms with Crippen molar-refractivity contribution in [3.63, 3.8) is 0 Å². The first-order valence-electron chi connectivity index (χ1n) is 5.71. The molecule has 0 atom stereocenters. The van der Waals surface area contributed by atoms with E-state index in [2.05, 4.69) is 0 Å². The zero-order valence-electron chi connectivity index (χ0n) is 10.7. The average molecular weight is 288 g/mol. The number of carbonyl (C=O) groups excluding carboxylic acids is 1. The van der Waals surface area contributed by atoms with E-state index in [1.54, 1.807) is 23.8 Å². The Morgan fingerprint density at radius 1 is 1.33 bits per heavy atom. The Kier molecular flexibility index (Phi) is 7.16. The van der Waals surface area contributed by atoms with Crippen molar-refractivity contribution >= 4 is 29.3 Å². The average Bonchev–Trinajstić information content (AvgIpc) is 2.43. The third-order valence-corrected chi connectivity index (χ3v) is 3.46. The number of hydrogen-bond acceptors (Lipinski definition) is 3. The Labute approximate surface area is 117 Å². The molecule has 0 aliphatic carbocycles. The van der Waals surface area contributed by atoms with Gasteiger partial charge < -0.3 is 9.64 Å². The first-order valence-corrected chi connectivity index (χ1v) is 7.47. The second-order valence-corrected chi connectivity index (χ2v) is 4.96. The van der Waals surface area contributed by atoms with Gasteiger partial charge in [-0.3, -0.25) is 4.79 Å². The quantitative estimate of drug-likeness (QED) is 0.570. The minimum atomic E-state index is 0.000327. The molecule has 0 aromatic heterocycles. The molecule has 0 fully saturated rings. The Hall–Kier alpha value is -0.710. The zero-order chi connectivity index (χ0) is 13.4. The number of nitrogens with zero attached hydrogens (tertiary/aromatic N) is 1. The lowest BCUT2D eigenvalue weighted by Gasteiger charge is -2.21. The van der Waals surface area contributed by atoms with Crippen LogP contribution in [-0.4, -0.2) is 49.7 Å². The van der Waals surface area contributed by atoms with E-state index in [-0.39, 0.29) is 5.91 Å². The molecule has 0 heterocycles. The van der Waals surface area contributed by atoms with Gasteiger partial charge in [-0.2, -0.15) is 0 Å². The summed E-state index contributed by atoms with van der Waals surface area (Å²) >= 11 is 7.37. The van der Waals surface area contributed by atoms with Crippen molar-refractivity contribution < 1.29 is 9.53 Å². The molecule has 0 spiro atoms. The fraction of sp³-hybridized carbons (Fsp3) is 0.462. The monoisotopic (exact) mass is 287 g/mol. The number of carbonyl (C=O) groups is 1. The van der Waals surface area contributed by atoms with Crippen LogP contribution in [0.2, 0.25) is 0 Å². The normalized spacial score (nSPS) is 10.4. The van der Waals surface area contributed by atoms with Crippen LogP contribution < -0.4 is 0 Å². The number of hydrogen-bond donors (Lipinski definition) is 0. The largest absolute Gasteiger partial charge is 0.383 e. The second-order valence-electron chi connectivity index (χ2n) is 3.70. The molecule has 1 aromatic rings. The molecule has 1 aromatic carbocycles. The van der Waals surface area contributed by atoms with Crippen LogP contribution in [0.4, 0.5) is 0 Å². The first kappa shape index (κ1) is 15.3. The molecule has 18 heavy (non-hydrogen) atoms. The van der Waals surface area contributed by atoms with Crippen molar-refractivity contribution in [2.45, 2.75) is 4.90 Å². The Bertz CT molecular complexity index is 370. The lowest BCUT2D eigenvalue weighted by Crippen LogP contribution is -2.35. The van der Waals surface area contributed by atoms with Crippen molar-refractivity contribution in [2.24, 2.45) is 0 Å². The Morgan fingerprint density at radius 2 is 2.00 bits per heavy atom. The van der Waals surface area contributed by atoms with Gasteiger partial charge in [0.05, 0.1) is 6.61 Å². The maximum absolute atomic E-state index is 12.2. The Balaban J connectivity index is 2.73. The Morgan fingerprint density at radius 3 is 2.50 bits per heavy atom. The van der Waals surface area contributed by atoms with Gasteiger partial charge in [-0.25, -0.2) is 0 Å². The molecule has 1 rings (SSSR count). The van der Waals surface area contributed by atoms with E-state index in [1.807, 2.05) is 30.5 Å². The highest BCUT2D eigenvalue weighted by molar-refractivity contribution is 7.98. The topological polar surface area (TPSA) is 29.5 Å². The van der Waals surface area contributed by atoms with E-state index in [0.717, 1.165) is 4.90 Å². The number of thioether (sulfide) groups is 1. The van der Waals surface area contributed by atoms with Gasteiger partial charge in [0.15, 0.2) is 0 Å². The molecule has 0 bridgehead atoms. The van der Waals surface area contributed by atoms with Gasteiger partial charge in [0, 0.05) is 36.5 Å². The van der Waals surface area contributed by atoms with Gasteiger partial charge in [0.1, 0.15) is 0 Å². The van der Waals surface area contributed by atoms with Gasteiger partial charge in [-0.1, -0.05) is 0 Å². The van der Waals surface area contributed by atoms with Crippen LogP contribution in [0.25, 0.3) is 0 Å². The summed E-state index contributed by atoms with van der Waals surface area (Å²) in [6.45, 7) is 1.62. The standard InChI is InChI=1S/C13H18ClNO2S/c1-17-10-9-15(8-7-14)13(16)11-3-5-12(18-2)6-4-11/h3-6H,7-10H2,1-2H3. The molecule has 0 saturated heterocycles. The molecule has 0 radical (unpaired) electrons. The van der Waals surface area contributed by atoms with E-state index >= 15 is 0 Å². The highest BCUT2D eigenvalue weighted by Gasteiger charge is 2.14. The highest BCUT2D eigenvalue weighted by atomic mass is 35.5. The van der Waals surface area contributed by atoms with Crippen LogP contribution in [0.5, 0.6) is 0 Å². The van der Waals surface area contributed by atoms with Gasteiger partial charge in [-0.05, 0) is 30.5 Å². The van der Waals surface area contributed by atoms with Crippen LogP contribution in [0, 0.1) is 0 Å². The first-order chi connectivity index (χ1) is 8.72. The molecule has 3 nitrogen and oxygen atoms in total. The molecule has 0 saturated carbocycles. The summed E-state index contributed by atoms with van der Waals surface area (Å²) in [6.07, 6.45) is 2.01. The molecular weight excluding hydrogens is 270 g/mol.